The molecular weight excluding hydrogens is 450 g/mol. The maximum Gasteiger partial charge on any atom is 0.233 e. The van der Waals surface area contributed by atoms with Crippen molar-refractivity contribution < 1.29 is 19.0 Å². The van der Waals surface area contributed by atoms with Gasteiger partial charge < -0.3 is 14.2 Å². The van der Waals surface area contributed by atoms with E-state index >= 15 is 0 Å². The Balaban J connectivity index is 0.00000245. The first-order valence-corrected chi connectivity index (χ1v) is 11.4. The molecule has 32 heavy (non-hydrogen) atoms. The van der Waals surface area contributed by atoms with Crippen molar-refractivity contribution in [2.24, 2.45) is 0 Å². The molecule has 1 saturated heterocycles. The fourth-order valence-corrected chi connectivity index (χ4v) is 4.91. The number of halogens is 1. The van der Waals surface area contributed by atoms with Gasteiger partial charge in [0.25, 0.3) is 0 Å². The zero-order valence-electron chi connectivity index (χ0n) is 17.7. The van der Waals surface area contributed by atoms with Gasteiger partial charge in [0.05, 0.1) is 29.9 Å². The van der Waals surface area contributed by atoms with Gasteiger partial charge in [-0.3, -0.25) is 14.6 Å². The molecule has 9 heteroatoms. The second-order valence-electron chi connectivity index (χ2n) is 7.68. The lowest BCUT2D eigenvalue weighted by molar-refractivity contribution is -0.118. The summed E-state index contributed by atoms with van der Waals surface area (Å²) in [4.78, 5) is 22.3. The lowest BCUT2D eigenvalue weighted by atomic mass is 10.1. The molecule has 2 aliphatic rings. The predicted molar refractivity (Wildman–Crippen MR) is 127 cm³/mol. The SMILES string of the molecule is Cl.O=C(Cc1ccc2c(c1)OCO2)N(CCCN1CCOCC1)c1nc2ccccc2s1. The van der Waals surface area contributed by atoms with Crippen molar-refractivity contribution in [1.82, 2.24) is 9.88 Å². The number of ether oxygens (including phenoxy) is 3. The van der Waals surface area contributed by atoms with Crippen LogP contribution in [0.3, 0.4) is 0 Å². The summed E-state index contributed by atoms with van der Waals surface area (Å²) in [6, 6.07) is 13.7. The van der Waals surface area contributed by atoms with E-state index in [1.165, 1.54) is 0 Å². The lowest BCUT2D eigenvalue weighted by Crippen LogP contribution is -2.39. The highest BCUT2D eigenvalue weighted by Crippen LogP contribution is 2.33. The molecule has 0 radical (unpaired) electrons. The van der Waals surface area contributed by atoms with Gasteiger partial charge in [0.15, 0.2) is 16.6 Å². The molecule has 0 spiro atoms. The number of rotatable bonds is 7. The summed E-state index contributed by atoms with van der Waals surface area (Å²) in [5, 5.41) is 0.758. The summed E-state index contributed by atoms with van der Waals surface area (Å²) >= 11 is 1.57. The third-order valence-corrected chi connectivity index (χ3v) is 6.63. The van der Waals surface area contributed by atoms with Gasteiger partial charge in [-0.05, 0) is 36.2 Å². The molecule has 2 aromatic carbocycles. The largest absolute Gasteiger partial charge is 0.454 e. The third kappa shape index (κ3) is 5.15. The molecule has 1 aromatic heterocycles. The summed E-state index contributed by atoms with van der Waals surface area (Å²) < 4.78 is 17.4. The molecule has 0 atom stereocenters. The molecule has 170 valence electrons. The fourth-order valence-electron chi connectivity index (χ4n) is 3.90. The third-order valence-electron chi connectivity index (χ3n) is 5.57. The Bertz CT molecular complexity index is 1040. The molecule has 5 rings (SSSR count). The minimum atomic E-state index is 0. The molecule has 0 N–H and O–H groups in total. The molecule has 1 amide bonds. The van der Waals surface area contributed by atoms with Gasteiger partial charge in [-0.25, -0.2) is 4.98 Å². The normalized spacial score (nSPS) is 15.5. The number of para-hydroxylation sites is 1. The van der Waals surface area contributed by atoms with Gasteiger partial charge in [-0.15, -0.1) is 12.4 Å². The molecule has 1 fully saturated rings. The Morgan fingerprint density at radius 2 is 1.91 bits per heavy atom. The topological polar surface area (TPSA) is 64.1 Å². The highest BCUT2D eigenvalue weighted by Gasteiger charge is 2.22. The van der Waals surface area contributed by atoms with Crippen LogP contribution in [0.1, 0.15) is 12.0 Å². The number of hydrogen-bond donors (Lipinski definition) is 0. The Labute approximate surface area is 197 Å². The highest BCUT2D eigenvalue weighted by atomic mass is 35.5. The second kappa shape index (κ2) is 10.5. The molecule has 0 unspecified atom stereocenters. The Morgan fingerprint density at radius 1 is 1.09 bits per heavy atom. The first-order chi connectivity index (χ1) is 15.3. The van der Waals surface area contributed by atoms with Crippen LogP contribution in [0.15, 0.2) is 42.5 Å². The van der Waals surface area contributed by atoms with Crippen molar-refractivity contribution in [3.8, 4) is 11.5 Å². The molecule has 0 saturated carbocycles. The van der Waals surface area contributed by atoms with Crippen LogP contribution in [0.2, 0.25) is 0 Å². The number of nitrogens with zero attached hydrogens (tertiary/aromatic N) is 3. The maximum atomic E-state index is 13.4. The van der Waals surface area contributed by atoms with Gasteiger partial charge in [0.2, 0.25) is 12.7 Å². The van der Waals surface area contributed by atoms with E-state index in [1.807, 2.05) is 47.4 Å². The Hall–Kier alpha value is -2.39. The van der Waals surface area contributed by atoms with Crippen LogP contribution in [0.25, 0.3) is 10.2 Å². The minimum Gasteiger partial charge on any atom is -0.454 e. The zero-order chi connectivity index (χ0) is 21.0. The van der Waals surface area contributed by atoms with Gasteiger partial charge in [-0.1, -0.05) is 29.5 Å². The van der Waals surface area contributed by atoms with Crippen molar-refractivity contribution in [1.29, 1.82) is 0 Å². The highest BCUT2D eigenvalue weighted by molar-refractivity contribution is 7.22. The van der Waals surface area contributed by atoms with Crippen molar-refractivity contribution in [3.05, 3.63) is 48.0 Å². The number of benzene rings is 2. The number of anilines is 1. The smallest absolute Gasteiger partial charge is 0.233 e. The quantitative estimate of drug-likeness (QED) is 0.518. The minimum absolute atomic E-state index is 0. The maximum absolute atomic E-state index is 13.4. The van der Waals surface area contributed by atoms with Crippen molar-refractivity contribution in [2.45, 2.75) is 12.8 Å². The van der Waals surface area contributed by atoms with Crippen LogP contribution >= 0.6 is 23.7 Å². The molecular formula is C23H26ClN3O4S. The van der Waals surface area contributed by atoms with Gasteiger partial charge in [0, 0.05) is 26.2 Å². The van der Waals surface area contributed by atoms with Crippen molar-refractivity contribution in [2.75, 3.05) is 51.1 Å². The first kappa shape index (κ1) is 22.8. The van der Waals surface area contributed by atoms with Crippen LogP contribution in [-0.2, 0) is 16.0 Å². The van der Waals surface area contributed by atoms with Crippen molar-refractivity contribution >= 4 is 45.0 Å². The van der Waals surface area contributed by atoms with Crippen molar-refractivity contribution in [3.63, 3.8) is 0 Å². The standard InChI is InChI=1S/C23H25N3O4S.ClH/c27-22(15-17-6-7-19-20(14-17)30-16-29-19)26(9-3-8-25-10-12-28-13-11-25)23-24-18-4-1-2-5-21(18)31-23;/h1-2,4-7,14H,3,8-13,15-16H2;1H. The van der Waals surface area contributed by atoms with Crippen LogP contribution in [0.5, 0.6) is 11.5 Å². The summed E-state index contributed by atoms with van der Waals surface area (Å²) in [7, 11) is 0. The van der Waals surface area contributed by atoms with E-state index in [4.69, 9.17) is 19.2 Å². The number of aromatic nitrogens is 1. The fraction of sp³-hybridized carbons (Fsp3) is 0.391. The van der Waals surface area contributed by atoms with E-state index in [1.54, 1.807) is 11.3 Å². The molecule has 7 nitrogen and oxygen atoms in total. The van der Waals surface area contributed by atoms with E-state index in [9.17, 15) is 4.79 Å². The zero-order valence-corrected chi connectivity index (χ0v) is 19.3. The van der Waals surface area contributed by atoms with Gasteiger partial charge in [-0.2, -0.15) is 0 Å². The molecule has 0 bridgehead atoms. The van der Waals surface area contributed by atoms with E-state index in [0.717, 1.165) is 65.9 Å². The van der Waals surface area contributed by atoms with Crippen LogP contribution < -0.4 is 14.4 Å². The van der Waals surface area contributed by atoms with E-state index < -0.39 is 0 Å². The predicted octanol–water partition coefficient (Wildman–Crippen LogP) is 3.74. The summed E-state index contributed by atoms with van der Waals surface area (Å²) in [5.41, 5.74) is 1.84. The second-order valence-corrected chi connectivity index (χ2v) is 8.69. The van der Waals surface area contributed by atoms with Crippen LogP contribution in [-0.4, -0.2) is 62.0 Å². The molecule has 0 aliphatic carbocycles. The average Bonchev–Trinajstić information content (AvgIpc) is 3.43. The van der Waals surface area contributed by atoms with E-state index in [2.05, 4.69) is 4.90 Å². The van der Waals surface area contributed by atoms with Crippen LogP contribution in [0, 0.1) is 0 Å². The summed E-state index contributed by atoms with van der Waals surface area (Å²) in [6.45, 7) is 5.28. The van der Waals surface area contributed by atoms with Gasteiger partial charge in [0.1, 0.15) is 0 Å². The summed E-state index contributed by atoms with van der Waals surface area (Å²) in [6.07, 6.45) is 1.19. The number of carbonyl (C=O) groups excluding carboxylic acids is 1. The Kier molecular flexibility index (Phi) is 7.47. The number of morpholine rings is 1. The number of carbonyl (C=O) groups is 1. The molecule has 3 aromatic rings. The van der Waals surface area contributed by atoms with E-state index in [0.29, 0.717) is 18.7 Å². The average molecular weight is 476 g/mol. The lowest BCUT2D eigenvalue weighted by Gasteiger charge is -2.27. The Morgan fingerprint density at radius 3 is 2.75 bits per heavy atom. The molecule has 2 aliphatic heterocycles. The number of fused-ring (bicyclic) bond motifs is 2. The number of hydrogen-bond acceptors (Lipinski definition) is 7. The summed E-state index contributed by atoms with van der Waals surface area (Å²) in [5.74, 6) is 1.47. The van der Waals surface area contributed by atoms with Gasteiger partial charge >= 0.3 is 0 Å². The number of thiazole rings is 1. The monoisotopic (exact) mass is 475 g/mol. The van der Waals surface area contributed by atoms with E-state index in [-0.39, 0.29) is 25.1 Å². The first-order valence-electron chi connectivity index (χ1n) is 10.6. The van der Waals surface area contributed by atoms with Crippen LogP contribution in [0.4, 0.5) is 5.13 Å². The number of amides is 1. The molecule has 3 heterocycles.